The molecule has 31 heavy (non-hydrogen) atoms. The normalized spacial score (nSPS) is 21.0. The van der Waals surface area contributed by atoms with Crippen molar-refractivity contribution in [3.05, 3.63) is 30.3 Å². The van der Waals surface area contributed by atoms with Gasteiger partial charge < -0.3 is 29.7 Å². The first-order valence-electron chi connectivity index (χ1n) is 11.1. The third-order valence-electron chi connectivity index (χ3n) is 6.48. The summed E-state index contributed by atoms with van der Waals surface area (Å²) in [5.41, 5.74) is 0.235. The van der Waals surface area contributed by atoms with Crippen LogP contribution in [0.4, 0.5) is 10.5 Å². The first-order valence-corrected chi connectivity index (χ1v) is 11.1. The molecule has 1 aromatic rings. The molecule has 1 N–H and O–H groups in total. The molecular weight excluding hydrogens is 398 g/mol. The van der Waals surface area contributed by atoms with E-state index in [9.17, 15) is 14.4 Å². The molecule has 0 unspecified atom stereocenters. The third-order valence-corrected chi connectivity index (χ3v) is 6.48. The number of hydrogen-bond donors (Lipinski definition) is 1. The standard InChI is InChI=1S/C22H31N5O4/c1-2-23-21(30)25-10-8-22(9-11-25)20(29)26(16-19(28)24-12-14-31-15-13-24)17-27(22)18-6-4-3-5-7-18/h3-7H,2,8-17H2,1H3,(H,23,30). The highest BCUT2D eigenvalue weighted by atomic mass is 16.5. The lowest BCUT2D eigenvalue weighted by molar-refractivity contribution is -0.143. The van der Waals surface area contributed by atoms with Crippen LogP contribution in [0.2, 0.25) is 0 Å². The summed E-state index contributed by atoms with van der Waals surface area (Å²) in [5, 5.41) is 2.84. The van der Waals surface area contributed by atoms with Crippen molar-refractivity contribution in [1.82, 2.24) is 20.0 Å². The van der Waals surface area contributed by atoms with Crippen LogP contribution in [0.25, 0.3) is 0 Å². The van der Waals surface area contributed by atoms with Crippen LogP contribution in [-0.2, 0) is 14.3 Å². The Labute approximate surface area is 182 Å². The number of rotatable bonds is 4. The molecule has 0 radical (unpaired) electrons. The number of likely N-dealkylation sites (tertiary alicyclic amines) is 1. The Kier molecular flexibility index (Phi) is 6.31. The quantitative estimate of drug-likeness (QED) is 0.762. The van der Waals surface area contributed by atoms with Crippen LogP contribution in [0.5, 0.6) is 0 Å². The van der Waals surface area contributed by atoms with Crippen LogP contribution in [0.3, 0.4) is 0 Å². The topological polar surface area (TPSA) is 85.4 Å². The van der Waals surface area contributed by atoms with Gasteiger partial charge in [0.15, 0.2) is 0 Å². The largest absolute Gasteiger partial charge is 0.378 e. The van der Waals surface area contributed by atoms with Gasteiger partial charge in [-0.15, -0.1) is 0 Å². The monoisotopic (exact) mass is 429 g/mol. The van der Waals surface area contributed by atoms with Crippen LogP contribution in [0.15, 0.2) is 30.3 Å². The van der Waals surface area contributed by atoms with E-state index < -0.39 is 5.54 Å². The minimum Gasteiger partial charge on any atom is -0.378 e. The molecular formula is C22H31N5O4. The zero-order chi connectivity index (χ0) is 21.8. The second kappa shape index (κ2) is 9.13. The van der Waals surface area contributed by atoms with Gasteiger partial charge in [-0.2, -0.15) is 0 Å². The summed E-state index contributed by atoms with van der Waals surface area (Å²) in [6.07, 6.45) is 1.08. The SMILES string of the molecule is CCNC(=O)N1CCC2(CC1)C(=O)N(CC(=O)N1CCOCC1)CN2c1ccccc1. The van der Waals surface area contributed by atoms with Crippen molar-refractivity contribution in [1.29, 1.82) is 0 Å². The number of ether oxygens (including phenoxy) is 1. The molecule has 4 amide bonds. The first-order chi connectivity index (χ1) is 15.0. The van der Waals surface area contributed by atoms with E-state index in [0.29, 0.717) is 65.4 Å². The molecule has 9 heteroatoms. The van der Waals surface area contributed by atoms with Crippen molar-refractivity contribution >= 4 is 23.5 Å². The molecule has 1 spiro atoms. The average Bonchev–Trinajstić information content (AvgIpc) is 3.07. The number of morpholine rings is 1. The number of piperidine rings is 1. The van der Waals surface area contributed by atoms with Crippen LogP contribution in [0, 0.1) is 0 Å². The van der Waals surface area contributed by atoms with E-state index in [1.54, 1.807) is 14.7 Å². The second-order valence-corrected chi connectivity index (χ2v) is 8.26. The Morgan fingerprint density at radius 1 is 1.03 bits per heavy atom. The minimum atomic E-state index is -0.727. The van der Waals surface area contributed by atoms with Crippen molar-refractivity contribution in [2.75, 3.05) is 64.1 Å². The van der Waals surface area contributed by atoms with E-state index in [1.807, 2.05) is 37.3 Å². The Hall–Kier alpha value is -2.81. The van der Waals surface area contributed by atoms with Gasteiger partial charge in [-0.1, -0.05) is 18.2 Å². The Morgan fingerprint density at radius 2 is 1.71 bits per heavy atom. The molecule has 168 valence electrons. The van der Waals surface area contributed by atoms with Gasteiger partial charge in [-0.3, -0.25) is 9.59 Å². The molecule has 3 aliphatic heterocycles. The van der Waals surface area contributed by atoms with Gasteiger partial charge in [0.2, 0.25) is 5.91 Å². The number of urea groups is 1. The van der Waals surface area contributed by atoms with E-state index in [1.165, 1.54) is 0 Å². The summed E-state index contributed by atoms with van der Waals surface area (Å²) in [6, 6.07) is 9.77. The molecule has 3 heterocycles. The van der Waals surface area contributed by atoms with Gasteiger partial charge in [0, 0.05) is 38.4 Å². The lowest BCUT2D eigenvalue weighted by Gasteiger charge is -2.43. The van der Waals surface area contributed by atoms with Crippen molar-refractivity contribution < 1.29 is 19.1 Å². The number of carbonyl (C=O) groups excluding carboxylic acids is 3. The maximum Gasteiger partial charge on any atom is 0.317 e. The van der Waals surface area contributed by atoms with Crippen molar-refractivity contribution in [2.24, 2.45) is 0 Å². The number of nitrogens with one attached hydrogen (secondary N) is 1. The molecule has 0 saturated carbocycles. The van der Waals surface area contributed by atoms with Crippen molar-refractivity contribution in [2.45, 2.75) is 25.3 Å². The summed E-state index contributed by atoms with van der Waals surface area (Å²) in [5.74, 6) is -0.0602. The summed E-state index contributed by atoms with van der Waals surface area (Å²) < 4.78 is 5.33. The van der Waals surface area contributed by atoms with E-state index in [2.05, 4.69) is 10.2 Å². The van der Waals surface area contributed by atoms with Crippen LogP contribution >= 0.6 is 0 Å². The van der Waals surface area contributed by atoms with Gasteiger partial charge >= 0.3 is 6.03 Å². The van der Waals surface area contributed by atoms with Crippen LogP contribution in [-0.4, -0.2) is 97.2 Å². The Morgan fingerprint density at radius 3 is 2.35 bits per heavy atom. The van der Waals surface area contributed by atoms with E-state index in [-0.39, 0.29) is 24.4 Å². The number of para-hydroxylation sites is 1. The molecule has 3 fully saturated rings. The van der Waals surface area contributed by atoms with E-state index in [4.69, 9.17) is 4.74 Å². The highest BCUT2D eigenvalue weighted by Gasteiger charge is 2.54. The molecule has 9 nitrogen and oxygen atoms in total. The fourth-order valence-electron chi connectivity index (χ4n) is 4.74. The predicted octanol–water partition coefficient (Wildman–Crippen LogP) is 0.716. The average molecular weight is 430 g/mol. The molecule has 4 rings (SSSR count). The number of carbonyl (C=O) groups is 3. The Balaban J connectivity index is 1.53. The highest BCUT2D eigenvalue weighted by molar-refractivity contribution is 5.96. The van der Waals surface area contributed by atoms with Gasteiger partial charge in [0.25, 0.3) is 5.91 Å². The smallest absolute Gasteiger partial charge is 0.317 e. The lowest BCUT2D eigenvalue weighted by Crippen LogP contribution is -2.58. The zero-order valence-electron chi connectivity index (χ0n) is 18.1. The summed E-state index contributed by atoms with van der Waals surface area (Å²) in [7, 11) is 0. The van der Waals surface area contributed by atoms with E-state index >= 15 is 0 Å². The van der Waals surface area contributed by atoms with Crippen LogP contribution < -0.4 is 10.2 Å². The van der Waals surface area contributed by atoms with Gasteiger partial charge in [-0.25, -0.2) is 4.79 Å². The third kappa shape index (κ3) is 4.19. The van der Waals surface area contributed by atoms with Gasteiger partial charge in [-0.05, 0) is 31.9 Å². The summed E-state index contributed by atoms with van der Waals surface area (Å²) in [4.78, 5) is 46.1. The van der Waals surface area contributed by atoms with Gasteiger partial charge in [0.05, 0.1) is 19.9 Å². The fraction of sp³-hybridized carbons (Fsp3) is 0.591. The number of hydrogen-bond acceptors (Lipinski definition) is 5. The summed E-state index contributed by atoms with van der Waals surface area (Å²) >= 11 is 0. The number of benzene rings is 1. The van der Waals surface area contributed by atoms with Crippen molar-refractivity contribution in [3.63, 3.8) is 0 Å². The molecule has 0 atom stereocenters. The predicted molar refractivity (Wildman–Crippen MR) is 116 cm³/mol. The maximum atomic E-state index is 13.7. The number of amides is 4. The van der Waals surface area contributed by atoms with E-state index in [0.717, 1.165) is 5.69 Å². The van der Waals surface area contributed by atoms with Crippen molar-refractivity contribution in [3.8, 4) is 0 Å². The number of nitrogens with zero attached hydrogens (tertiary/aromatic N) is 4. The minimum absolute atomic E-state index is 0.0199. The number of anilines is 1. The maximum absolute atomic E-state index is 13.7. The lowest BCUT2D eigenvalue weighted by atomic mass is 9.85. The Bertz CT molecular complexity index is 803. The molecule has 0 bridgehead atoms. The molecule has 3 saturated heterocycles. The highest BCUT2D eigenvalue weighted by Crippen LogP contribution is 2.39. The first kappa shape index (κ1) is 21.4. The summed E-state index contributed by atoms with van der Waals surface area (Å²) in [6.45, 7) is 6.14. The zero-order valence-corrected chi connectivity index (χ0v) is 18.1. The fourth-order valence-corrected chi connectivity index (χ4v) is 4.74. The molecule has 0 aliphatic carbocycles. The molecule has 0 aromatic heterocycles. The molecule has 1 aromatic carbocycles. The van der Waals surface area contributed by atoms with Gasteiger partial charge in [0.1, 0.15) is 12.1 Å². The molecule has 3 aliphatic rings. The van der Waals surface area contributed by atoms with Crippen LogP contribution in [0.1, 0.15) is 19.8 Å². The second-order valence-electron chi connectivity index (χ2n) is 8.26.